The molecule has 0 saturated heterocycles. The van der Waals surface area contributed by atoms with Crippen LogP contribution >= 0.6 is 0 Å². The summed E-state index contributed by atoms with van der Waals surface area (Å²) in [6, 6.07) is 8.53. The number of rotatable bonds is 3. The van der Waals surface area contributed by atoms with Crippen molar-refractivity contribution in [3.63, 3.8) is 0 Å². The monoisotopic (exact) mass is 254 g/mol. The zero-order valence-corrected chi connectivity index (χ0v) is 11.5. The van der Waals surface area contributed by atoms with Crippen LogP contribution in [0.1, 0.15) is 66.8 Å². The maximum absolute atomic E-state index is 12.7. The smallest absolute Gasteiger partial charge is 0.166 e. The summed E-state index contributed by atoms with van der Waals surface area (Å²) in [5.74, 6) is 3.01. The summed E-state index contributed by atoms with van der Waals surface area (Å²) in [6.07, 6.45) is 9.25. The van der Waals surface area contributed by atoms with Gasteiger partial charge in [0, 0.05) is 11.5 Å². The molecule has 0 radical (unpaired) electrons. The van der Waals surface area contributed by atoms with Crippen LogP contribution in [0, 0.1) is 17.8 Å². The van der Waals surface area contributed by atoms with Gasteiger partial charge in [-0.1, -0.05) is 37.5 Å². The van der Waals surface area contributed by atoms with Crippen LogP contribution in [0.15, 0.2) is 24.3 Å². The molecule has 3 aliphatic carbocycles. The van der Waals surface area contributed by atoms with E-state index in [2.05, 4.69) is 18.2 Å². The summed E-state index contributed by atoms with van der Waals surface area (Å²) in [4.78, 5) is 12.7. The number of hydrogen-bond donors (Lipinski definition) is 0. The van der Waals surface area contributed by atoms with Gasteiger partial charge >= 0.3 is 0 Å². The first-order chi connectivity index (χ1) is 9.34. The van der Waals surface area contributed by atoms with Crippen molar-refractivity contribution in [1.82, 2.24) is 0 Å². The molecule has 3 aliphatic rings. The van der Waals surface area contributed by atoms with E-state index >= 15 is 0 Å². The normalized spacial score (nSPS) is 33.4. The van der Waals surface area contributed by atoms with Gasteiger partial charge in [0.1, 0.15) is 0 Å². The van der Waals surface area contributed by atoms with E-state index in [0.717, 1.165) is 23.3 Å². The second-order valence-corrected chi connectivity index (χ2v) is 6.76. The third kappa shape index (κ3) is 1.94. The van der Waals surface area contributed by atoms with Gasteiger partial charge in [0.15, 0.2) is 5.78 Å². The first-order valence-electron chi connectivity index (χ1n) is 7.99. The van der Waals surface area contributed by atoms with Crippen LogP contribution in [0.5, 0.6) is 0 Å². The number of benzene rings is 1. The fraction of sp³-hybridized carbons (Fsp3) is 0.611. The van der Waals surface area contributed by atoms with Gasteiger partial charge in [-0.2, -0.15) is 0 Å². The molecular weight excluding hydrogens is 232 g/mol. The highest BCUT2D eigenvalue weighted by molar-refractivity contribution is 6.00. The molecule has 1 nitrogen and oxygen atoms in total. The van der Waals surface area contributed by atoms with Gasteiger partial charge in [0.05, 0.1) is 0 Å². The zero-order valence-electron chi connectivity index (χ0n) is 11.5. The maximum Gasteiger partial charge on any atom is 0.166 e. The van der Waals surface area contributed by atoms with Crippen LogP contribution in [-0.2, 0) is 0 Å². The molecule has 0 spiro atoms. The Morgan fingerprint density at radius 1 is 0.947 bits per heavy atom. The van der Waals surface area contributed by atoms with Crippen LogP contribution in [0.2, 0.25) is 0 Å². The first-order valence-corrected chi connectivity index (χ1v) is 7.99. The third-order valence-electron chi connectivity index (χ3n) is 5.71. The zero-order chi connectivity index (χ0) is 12.8. The van der Waals surface area contributed by atoms with E-state index in [1.807, 2.05) is 6.07 Å². The molecule has 0 aliphatic heterocycles. The molecule has 3 fully saturated rings. The molecule has 1 heteroatoms. The summed E-state index contributed by atoms with van der Waals surface area (Å²) >= 11 is 0. The van der Waals surface area contributed by atoms with E-state index in [1.54, 1.807) is 0 Å². The molecule has 19 heavy (non-hydrogen) atoms. The first kappa shape index (κ1) is 11.7. The van der Waals surface area contributed by atoms with Crippen molar-refractivity contribution >= 4 is 5.78 Å². The Hall–Kier alpha value is -1.11. The van der Waals surface area contributed by atoms with E-state index in [4.69, 9.17) is 0 Å². The lowest BCUT2D eigenvalue weighted by Crippen LogP contribution is -2.10. The molecule has 3 saturated carbocycles. The summed E-state index contributed by atoms with van der Waals surface area (Å²) in [5.41, 5.74) is 2.39. The highest BCUT2D eigenvalue weighted by Gasteiger charge is 2.54. The van der Waals surface area contributed by atoms with Crippen LogP contribution in [0.25, 0.3) is 0 Å². The van der Waals surface area contributed by atoms with E-state index in [0.29, 0.717) is 11.7 Å². The minimum atomic E-state index is 0.374. The maximum atomic E-state index is 12.7. The average molecular weight is 254 g/mol. The molecular formula is C18H22O. The molecule has 1 aromatic carbocycles. The predicted octanol–water partition coefficient (Wildman–Crippen LogP) is 4.57. The van der Waals surface area contributed by atoms with Gasteiger partial charge in [-0.3, -0.25) is 4.79 Å². The van der Waals surface area contributed by atoms with E-state index < -0.39 is 0 Å². The number of Topliss-reactive ketones (excluding diaryl/α,β-unsaturated/α-hetero) is 1. The topological polar surface area (TPSA) is 17.1 Å². The molecule has 0 aromatic heterocycles. The Morgan fingerprint density at radius 2 is 1.68 bits per heavy atom. The second kappa shape index (κ2) is 4.47. The van der Waals surface area contributed by atoms with Crippen molar-refractivity contribution in [2.45, 2.75) is 50.9 Å². The highest BCUT2D eigenvalue weighted by atomic mass is 16.1. The molecule has 2 atom stereocenters. The van der Waals surface area contributed by atoms with Crippen LogP contribution in [0.4, 0.5) is 0 Å². The molecule has 0 amide bonds. The van der Waals surface area contributed by atoms with Crippen LogP contribution in [0.3, 0.4) is 0 Å². The molecule has 4 rings (SSSR count). The Labute approximate surface area is 115 Å². The Balaban J connectivity index is 1.53. The van der Waals surface area contributed by atoms with Gasteiger partial charge in [-0.15, -0.1) is 0 Å². The van der Waals surface area contributed by atoms with Crippen LogP contribution in [-0.4, -0.2) is 5.78 Å². The SMILES string of the molecule is O=C(c1cccc(C2CCC2)c1)C1C2CCCCC21. The molecule has 1 aromatic rings. The summed E-state index contributed by atoms with van der Waals surface area (Å²) in [6.45, 7) is 0. The molecule has 2 unspecified atom stereocenters. The van der Waals surface area contributed by atoms with Crippen LogP contribution < -0.4 is 0 Å². The van der Waals surface area contributed by atoms with E-state index in [1.165, 1.54) is 50.5 Å². The van der Waals surface area contributed by atoms with Gasteiger partial charge in [-0.25, -0.2) is 0 Å². The largest absolute Gasteiger partial charge is 0.294 e. The molecule has 0 heterocycles. The fourth-order valence-corrected chi connectivity index (χ4v) is 4.26. The fourth-order valence-electron chi connectivity index (χ4n) is 4.26. The van der Waals surface area contributed by atoms with Crippen molar-refractivity contribution in [3.8, 4) is 0 Å². The summed E-state index contributed by atoms with van der Waals surface area (Å²) < 4.78 is 0. The summed E-state index contributed by atoms with van der Waals surface area (Å²) in [7, 11) is 0. The van der Waals surface area contributed by atoms with E-state index in [9.17, 15) is 4.79 Å². The molecule has 100 valence electrons. The number of carbonyl (C=O) groups excluding carboxylic acids is 1. The predicted molar refractivity (Wildman–Crippen MR) is 76.3 cm³/mol. The lowest BCUT2D eigenvalue weighted by Gasteiger charge is -2.26. The standard InChI is InChI=1S/C18H22O/c19-18(17-15-9-1-2-10-16(15)17)14-8-4-7-13(11-14)12-5-3-6-12/h4,7-8,11-12,15-17H,1-3,5-6,9-10H2. The van der Waals surface area contributed by atoms with Crippen molar-refractivity contribution in [2.75, 3.05) is 0 Å². The lowest BCUT2D eigenvalue weighted by atomic mass is 9.79. The number of ketones is 1. The quantitative estimate of drug-likeness (QED) is 0.722. The Bertz CT molecular complexity index is 488. The molecule has 0 N–H and O–H groups in total. The van der Waals surface area contributed by atoms with Crippen molar-refractivity contribution in [2.24, 2.45) is 17.8 Å². The van der Waals surface area contributed by atoms with E-state index in [-0.39, 0.29) is 0 Å². The third-order valence-corrected chi connectivity index (χ3v) is 5.71. The number of fused-ring (bicyclic) bond motifs is 1. The van der Waals surface area contributed by atoms with Crippen molar-refractivity contribution in [1.29, 1.82) is 0 Å². The number of carbonyl (C=O) groups is 1. The molecule has 0 bridgehead atoms. The van der Waals surface area contributed by atoms with Gasteiger partial charge in [0.2, 0.25) is 0 Å². The minimum Gasteiger partial charge on any atom is -0.294 e. The lowest BCUT2D eigenvalue weighted by molar-refractivity contribution is 0.0956. The van der Waals surface area contributed by atoms with Crippen molar-refractivity contribution < 1.29 is 4.79 Å². The average Bonchev–Trinajstić information content (AvgIpc) is 3.10. The van der Waals surface area contributed by atoms with Gasteiger partial charge < -0.3 is 0 Å². The minimum absolute atomic E-state index is 0.374. The van der Waals surface area contributed by atoms with Gasteiger partial charge in [0.25, 0.3) is 0 Å². The Morgan fingerprint density at radius 3 is 2.32 bits per heavy atom. The second-order valence-electron chi connectivity index (χ2n) is 6.76. The summed E-state index contributed by atoms with van der Waals surface area (Å²) in [5, 5.41) is 0. The Kier molecular flexibility index (Phi) is 2.75. The van der Waals surface area contributed by atoms with Gasteiger partial charge in [-0.05, 0) is 55.1 Å². The highest BCUT2D eigenvalue weighted by Crippen LogP contribution is 2.56. The van der Waals surface area contributed by atoms with Crippen molar-refractivity contribution in [3.05, 3.63) is 35.4 Å². The number of hydrogen-bond acceptors (Lipinski definition) is 1.